The van der Waals surface area contributed by atoms with Gasteiger partial charge in [0.05, 0.1) is 11.8 Å². The molecule has 2 aliphatic rings. The molecule has 1 aromatic heterocycles. The summed E-state index contributed by atoms with van der Waals surface area (Å²) in [6.07, 6.45) is 4.42. The molecular weight excluding hydrogens is 320 g/mol. The minimum Gasteiger partial charge on any atom is -0.481 e. The van der Waals surface area contributed by atoms with Crippen molar-refractivity contribution in [2.75, 3.05) is 31.1 Å². The summed E-state index contributed by atoms with van der Waals surface area (Å²) in [5, 5.41) is 9.53. The molecule has 0 unspecified atom stereocenters. The molecule has 0 spiro atoms. The third-order valence-electron chi connectivity index (χ3n) is 5.33. The molecule has 1 aliphatic heterocycles. The maximum atomic E-state index is 13.0. The highest BCUT2D eigenvalue weighted by Gasteiger charge is 2.39. The third kappa shape index (κ3) is 3.65. The summed E-state index contributed by atoms with van der Waals surface area (Å²) in [6.45, 7) is 6.43. The third-order valence-corrected chi connectivity index (χ3v) is 5.33. The molecule has 7 nitrogen and oxygen atoms in total. The number of rotatable bonds is 3. The molecule has 2 heterocycles. The standard InChI is InChI=1S/C18H24N4O3/c1-12-10-14(15(17(24)25)11-13(12)2)16(23)21-6-8-22(9-7-21)18-19-4-3-5-20-18/h3-5,14-15H,6-11H2,1-2H3,(H,24,25)/t14-,15-/m1/s1. The zero-order valence-corrected chi connectivity index (χ0v) is 14.7. The molecule has 1 aliphatic carbocycles. The van der Waals surface area contributed by atoms with Crippen LogP contribution in [-0.2, 0) is 9.59 Å². The Kier molecular flexibility index (Phi) is 5.01. The van der Waals surface area contributed by atoms with Crippen LogP contribution in [0, 0.1) is 11.8 Å². The normalized spacial score (nSPS) is 24.4. The summed E-state index contributed by atoms with van der Waals surface area (Å²) in [4.78, 5) is 36.9. The number of piperazine rings is 1. The number of carboxylic acid groups (broad SMARTS) is 1. The highest BCUT2D eigenvalue weighted by atomic mass is 16.4. The Hall–Kier alpha value is -2.44. The smallest absolute Gasteiger partial charge is 0.307 e. The van der Waals surface area contributed by atoms with Crippen molar-refractivity contribution < 1.29 is 14.7 Å². The second-order valence-electron chi connectivity index (χ2n) is 6.88. The van der Waals surface area contributed by atoms with Crippen LogP contribution >= 0.6 is 0 Å². The molecule has 0 saturated carbocycles. The first-order valence-electron chi connectivity index (χ1n) is 8.66. The van der Waals surface area contributed by atoms with Gasteiger partial charge in [0.25, 0.3) is 0 Å². The molecule has 0 bridgehead atoms. The first-order valence-corrected chi connectivity index (χ1v) is 8.66. The van der Waals surface area contributed by atoms with E-state index in [4.69, 9.17) is 0 Å². The zero-order chi connectivity index (χ0) is 18.0. The summed E-state index contributed by atoms with van der Waals surface area (Å²) in [5.41, 5.74) is 2.25. The van der Waals surface area contributed by atoms with Gasteiger partial charge in [-0.3, -0.25) is 9.59 Å². The van der Waals surface area contributed by atoms with Gasteiger partial charge in [-0.2, -0.15) is 0 Å². The van der Waals surface area contributed by atoms with E-state index >= 15 is 0 Å². The molecule has 2 atom stereocenters. The monoisotopic (exact) mass is 344 g/mol. The van der Waals surface area contributed by atoms with Gasteiger partial charge in [-0.05, 0) is 32.8 Å². The Labute approximate surface area is 147 Å². The van der Waals surface area contributed by atoms with Crippen LogP contribution in [0.1, 0.15) is 26.7 Å². The van der Waals surface area contributed by atoms with E-state index in [2.05, 4.69) is 14.9 Å². The minimum absolute atomic E-state index is 0.0344. The van der Waals surface area contributed by atoms with Crippen LogP contribution in [0.15, 0.2) is 29.6 Å². The van der Waals surface area contributed by atoms with Gasteiger partial charge in [0.1, 0.15) is 0 Å². The summed E-state index contributed by atoms with van der Waals surface area (Å²) < 4.78 is 0. The van der Waals surface area contributed by atoms with Crippen molar-refractivity contribution in [3.63, 3.8) is 0 Å². The number of anilines is 1. The van der Waals surface area contributed by atoms with E-state index in [0.717, 1.165) is 11.1 Å². The Bertz CT molecular complexity index is 681. The first kappa shape index (κ1) is 17.4. The molecular formula is C18H24N4O3. The Morgan fingerprint density at radius 1 is 1.00 bits per heavy atom. The van der Waals surface area contributed by atoms with E-state index in [9.17, 15) is 14.7 Å². The van der Waals surface area contributed by atoms with Gasteiger partial charge in [0.2, 0.25) is 11.9 Å². The van der Waals surface area contributed by atoms with Gasteiger partial charge in [-0.25, -0.2) is 9.97 Å². The highest BCUT2D eigenvalue weighted by Crippen LogP contribution is 2.35. The molecule has 134 valence electrons. The van der Waals surface area contributed by atoms with Crippen molar-refractivity contribution in [3.05, 3.63) is 29.6 Å². The van der Waals surface area contributed by atoms with E-state index in [1.54, 1.807) is 23.4 Å². The van der Waals surface area contributed by atoms with Gasteiger partial charge in [0, 0.05) is 38.6 Å². The molecule has 1 amide bonds. The highest BCUT2D eigenvalue weighted by molar-refractivity contribution is 5.86. The SMILES string of the molecule is CC1=C(C)C[C@@H](C(=O)N2CCN(c3ncccn3)CC2)[C@H](C(=O)O)C1. The molecule has 1 fully saturated rings. The van der Waals surface area contributed by atoms with Crippen molar-refractivity contribution in [2.24, 2.45) is 11.8 Å². The fourth-order valence-corrected chi connectivity index (χ4v) is 3.63. The van der Waals surface area contributed by atoms with E-state index in [1.807, 2.05) is 13.8 Å². The number of amides is 1. The Morgan fingerprint density at radius 2 is 1.56 bits per heavy atom. The minimum atomic E-state index is -0.874. The largest absolute Gasteiger partial charge is 0.481 e. The predicted molar refractivity (Wildman–Crippen MR) is 93.0 cm³/mol. The molecule has 1 aromatic rings. The van der Waals surface area contributed by atoms with Crippen molar-refractivity contribution in [1.29, 1.82) is 0 Å². The van der Waals surface area contributed by atoms with Gasteiger partial charge in [-0.15, -0.1) is 0 Å². The molecule has 1 N–H and O–H groups in total. The van der Waals surface area contributed by atoms with Crippen molar-refractivity contribution in [2.45, 2.75) is 26.7 Å². The number of allylic oxidation sites excluding steroid dienone is 2. The predicted octanol–water partition coefficient (Wildman–Crippen LogP) is 1.57. The van der Waals surface area contributed by atoms with Crippen LogP contribution in [0.4, 0.5) is 5.95 Å². The Balaban J connectivity index is 1.66. The van der Waals surface area contributed by atoms with Gasteiger partial charge in [0.15, 0.2) is 0 Å². The van der Waals surface area contributed by atoms with Gasteiger partial charge < -0.3 is 14.9 Å². The number of nitrogens with zero attached hydrogens (tertiary/aromatic N) is 4. The van der Waals surface area contributed by atoms with Crippen LogP contribution in [0.25, 0.3) is 0 Å². The number of hydrogen-bond acceptors (Lipinski definition) is 5. The fourth-order valence-electron chi connectivity index (χ4n) is 3.63. The second kappa shape index (κ2) is 7.21. The lowest BCUT2D eigenvalue weighted by Gasteiger charge is -2.38. The number of aliphatic carboxylic acids is 1. The zero-order valence-electron chi connectivity index (χ0n) is 14.7. The van der Waals surface area contributed by atoms with E-state index < -0.39 is 17.8 Å². The first-order chi connectivity index (χ1) is 12.0. The summed E-state index contributed by atoms with van der Waals surface area (Å²) in [6, 6.07) is 1.77. The maximum Gasteiger partial charge on any atom is 0.307 e. The van der Waals surface area contributed by atoms with Crippen LogP contribution < -0.4 is 4.90 Å². The Morgan fingerprint density at radius 3 is 2.12 bits per heavy atom. The topological polar surface area (TPSA) is 86.6 Å². The number of carboxylic acids is 1. The average molecular weight is 344 g/mol. The van der Waals surface area contributed by atoms with Crippen LogP contribution in [0.3, 0.4) is 0 Å². The van der Waals surface area contributed by atoms with Crippen LogP contribution in [0.2, 0.25) is 0 Å². The lowest BCUT2D eigenvalue weighted by Crippen LogP contribution is -2.52. The lowest BCUT2D eigenvalue weighted by atomic mass is 9.76. The van der Waals surface area contributed by atoms with Gasteiger partial charge in [-0.1, -0.05) is 11.1 Å². The molecule has 7 heteroatoms. The van der Waals surface area contributed by atoms with Crippen LogP contribution in [0.5, 0.6) is 0 Å². The number of hydrogen-bond donors (Lipinski definition) is 1. The molecule has 1 saturated heterocycles. The number of carbonyl (C=O) groups excluding carboxylic acids is 1. The molecule has 3 rings (SSSR count). The van der Waals surface area contributed by atoms with E-state index in [0.29, 0.717) is 45.0 Å². The van der Waals surface area contributed by atoms with E-state index in [1.165, 1.54) is 0 Å². The van der Waals surface area contributed by atoms with Crippen molar-refractivity contribution >= 4 is 17.8 Å². The van der Waals surface area contributed by atoms with Crippen LogP contribution in [-0.4, -0.2) is 58.0 Å². The van der Waals surface area contributed by atoms with E-state index in [-0.39, 0.29) is 5.91 Å². The van der Waals surface area contributed by atoms with Crippen molar-refractivity contribution in [3.8, 4) is 0 Å². The fraction of sp³-hybridized carbons (Fsp3) is 0.556. The van der Waals surface area contributed by atoms with Crippen molar-refractivity contribution in [1.82, 2.24) is 14.9 Å². The number of carbonyl (C=O) groups is 2. The number of aromatic nitrogens is 2. The lowest BCUT2D eigenvalue weighted by molar-refractivity contribution is -0.151. The molecule has 0 radical (unpaired) electrons. The average Bonchev–Trinajstić information content (AvgIpc) is 2.63. The summed E-state index contributed by atoms with van der Waals surface area (Å²) >= 11 is 0. The maximum absolute atomic E-state index is 13.0. The molecule has 0 aromatic carbocycles. The summed E-state index contributed by atoms with van der Waals surface area (Å²) in [5.74, 6) is -1.31. The summed E-state index contributed by atoms with van der Waals surface area (Å²) in [7, 11) is 0. The molecule has 25 heavy (non-hydrogen) atoms. The second-order valence-corrected chi connectivity index (χ2v) is 6.88. The quantitative estimate of drug-likeness (QED) is 0.838. The van der Waals surface area contributed by atoms with Gasteiger partial charge >= 0.3 is 5.97 Å².